The average molecular weight is 597 g/mol. The highest BCUT2D eigenvalue weighted by molar-refractivity contribution is 5.99. The summed E-state index contributed by atoms with van der Waals surface area (Å²) in [6.45, 7) is -0.189. The maximum absolute atomic E-state index is 13.6. The molecular weight excluding hydrogens is 564 g/mol. The normalized spacial score (nSPS) is 10.6. The van der Waals surface area contributed by atoms with E-state index < -0.39 is 5.91 Å². The summed E-state index contributed by atoms with van der Waals surface area (Å²) in [5, 5.41) is 2.89. The third kappa shape index (κ3) is 6.67. The lowest BCUT2D eigenvalue weighted by atomic mass is 10.1. The first-order chi connectivity index (χ1) is 21.4. The van der Waals surface area contributed by atoms with Crippen molar-refractivity contribution in [2.24, 2.45) is 0 Å². The number of amides is 2. The molecule has 0 aliphatic heterocycles. The number of nitrogens with zero attached hydrogens (tertiary/aromatic N) is 3. The first kappa shape index (κ1) is 29.8. The van der Waals surface area contributed by atoms with E-state index in [9.17, 15) is 9.59 Å². The lowest BCUT2D eigenvalue weighted by Gasteiger charge is -2.21. The minimum absolute atomic E-state index is 0.0810. The van der Waals surface area contributed by atoms with Crippen molar-refractivity contribution in [1.29, 1.82) is 0 Å². The van der Waals surface area contributed by atoms with Crippen LogP contribution >= 0.6 is 0 Å². The highest BCUT2D eigenvalue weighted by Crippen LogP contribution is 2.32. The van der Waals surface area contributed by atoms with Gasteiger partial charge in [0.1, 0.15) is 23.8 Å². The molecule has 3 aromatic carbocycles. The van der Waals surface area contributed by atoms with Crippen LogP contribution in [0.4, 0.5) is 5.95 Å². The van der Waals surface area contributed by atoms with Crippen LogP contribution in [0.15, 0.2) is 95.7 Å². The molecule has 5 aromatic rings. The van der Waals surface area contributed by atoms with E-state index in [1.54, 1.807) is 80.6 Å². The molecule has 2 aromatic heterocycles. The minimum atomic E-state index is -0.457. The molecule has 2 heterocycles. The van der Waals surface area contributed by atoms with Crippen LogP contribution in [0.3, 0.4) is 0 Å². The molecule has 5 rings (SSSR count). The van der Waals surface area contributed by atoms with Gasteiger partial charge in [-0.25, -0.2) is 4.98 Å². The van der Waals surface area contributed by atoms with Gasteiger partial charge in [-0.3, -0.25) is 19.5 Å². The molecule has 0 spiro atoms. The van der Waals surface area contributed by atoms with Crippen LogP contribution in [-0.2, 0) is 11.3 Å². The SMILES string of the molecule is COc1ccc(-c2cn(-c3ccc(OC)c(OC)c3)c(NC(=O)CN(Cc3ccco3)C(=O)c3cccc(OC)c3)n2)cc1. The van der Waals surface area contributed by atoms with E-state index in [-0.39, 0.29) is 24.9 Å². The van der Waals surface area contributed by atoms with E-state index in [1.807, 2.05) is 30.3 Å². The van der Waals surface area contributed by atoms with Crippen molar-refractivity contribution in [2.45, 2.75) is 6.54 Å². The van der Waals surface area contributed by atoms with Gasteiger partial charge in [-0.1, -0.05) is 6.07 Å². The fraction of sp³-hybridized carbons (Fsp3) is 0.182. The van der Waals surface area contributed by atoms with E-state index in [0.29, 0.717) is 45.7 Å². The number of aromatic nitrogens is 2. The maximum atomic E-state index is 13.6. The molecule has 0 atom stereocenters. The third-order valence-corrected chi connectivity index (χ3v) is 6.85. The number of ether oxygens (including phenoxy) is 4. The van der Waals surface area contributed by atoms with Crippen molar-refractivity contribution < 1.29 is 33.0 Å². The van der Waals surface area contributed by atoms with Crippen LogP contribution in [0, 0.1) is 0 Å². The Balaban J connectivity index is 1.47. The quantitative estimate of drug-likeness (QED) is 0.202. The summed E-state index contributed by atoms with van der Waals surface area (Å²) in [4.78, 5) is 33.3. The summed E-state index contributed by atoms with van der Waals surface area (Å²) in [6.07, 6.45) is 3.32. The van der Waals surface area contributed by atoms with E-state index >= 15 is 0 Å². The maximum Gasteiger partial charge on any atom is 0.254 e. The van der Waals surface area contributed by atoms with Gasteiger partial charge in [0.2, 0.25) is 11.9 Å². The van der Waals surface area contributed by atoms with E-state index in [2.05, 4.69) is 5.32 Å². The standard InChI is InChI=1S/C33H32N4O7/c1-40-25-13-10-22(11-14-25)28-20-37(24-12-15-29(42-3)30(18-24)43-4)33(34-28)35-31(38)21-36(19-27-9-6-16-44-27)32(39)23-7-5-8-26(17-23)41-2/h5-18,20H,19,21H2,1-4H3,(H,34,35,38). The number of hydrogen-bond donors (Lipinski definition) is 1. The summed E-state index contributed by atoms with van der Waals surface area (Å²) in [7, 11) is 6.23. The molecule has 0 aliphatic rings. The second kappa shape index (κ2) is 13.5. The fourth-order valence-corrected chi connectivity index (χ4v) is 4.61. The Morgan fingerprint density at radius 2 is 1.61 bits per heavy atom. The first-order valence-corrected chi connectivity index (χ1v) is 13.6. The van der Waals surface area contributed by atoms with E-state index in [1.165, 1.54) is 18.3 Å². The monoisotopic (exact) mass is 596 g/mol. The predicted octanol–water partition coefficient (Wildman–Crippen LogP) is 5.45. The van der Waals surface area contributed by atoms with Crippen LogP contribution in [0.2, 0.25) is 0 Å². The van der Waals surface area contributed by atoms with Gasteiger partial charge < -0.3 is 28.3 Å². The summed E-state index contributed by atoms with van der Waals surface area (Å²) < 4.78 is 28.7. The molecule has 0 unspecified atom stereocenters. The molecule has 2 amide bonds. The molecule has 11 heteroatoms. The number of carbonyl (C=O) groups is 2. The molecule has 0 bridgehead atoms. The number of hydrogen-bond acceptors (Lipinski definition) is 8. The highest BCUT2D eigenvalue weighted by atomic mass is 16.5. The second-order valence-electron chi connectivity index (χ2n) is 9.61. The molecule has 11 nitrogen and oxygen atoms in total. The van der Waals surface area contributed by atoms with Crippen molar-refractivity contribution in [2.75, 3.05) is 40.3 Å². The Morgan fingerprint density at radius 1 is 0.841 bits per heavy atom. The molecule has 226 valence electrons. The van der Waals surface area contributed by atoms with Crippen molar-refractivity contribution >= 4 is 17.8 Å². The number of imidazole rings is 1. The topological polar surface area (TPSA) is 117 Å². The van der Waals surface area contributed by atoms with E-state index in [0.717, 1.165) is 5.56 Å². The Labute approximate surface area is 254 Å². The Hall–Kier alpha value is -5.71. The van der Waals surface area contributed by atoms with Gasteiger partial charge in [-0.15, -0.1) is 0 Å². The molecule has 0 saturated carbocycles. The van der Waals surface area contributed by atoms with Crippen LogP contribution in [0.25, 0.3) is 16.9 Å². The highest BCUT2D eigenvalue weighted by Gasteiger charge is 2.23. The summed E-state index contributed by atoms with van der Waals surface area (Å²) in [6, 6.07) is 23.0. The average Bonchev–Trinajstić information content (AvgIpc) is 3.74. The Kier molecular flexibility index (Phi) is 9.14. The molecule has 0 radical (unpaired) electrons. The zero-order valence-corrected chi connectivity index (χ0v) is 24.8. The first-order valence-electron chi connectivity index (χ1n) is 13.6. The van der Waals surface area contributed by atoms with E-state index in [4.69, 9.17) is 28.3 Å². The predicted molar refractivity (Wildman–Crippen MR) is 164 cm³/mol. The fourth-order valence-electron chi connectivity index (χ4n) is 4.61. The van der Waals surface area contributed by atoms with Crippen LogP contribution in [-0.4, -0.2) is 61.2 Å². The summed E-state index contributed by atoms with van der Waals surface area (Å²) >= 11 is 0. The Bertz CT molecular complexity index is 1730. The van der Waals surface area contributed by atoms with Gasteiger partial charge in [0, 0.05) is 23.4 Å². The zero-order chi connectivity index (χ0) is 31.1. The zero-order valence-electron chi connectivity index (χ0n) is 24.8. The molecule has 0 saturated heterocycles. The molecule has 1 N–H and O–H groups in total. The lowest BCUT2D eigenvalue weighted by Crippen LogP contribution is -2.37. The van der Waals surface area contributed by atoms with Crippen LogP contribution in [0.5, 0.6) is 23.0 Å². The van der Waals surface area contributed by atoms with Gasteiger partial charge in [0.05, 0.1) is 52.6 Å². The number of anilines is 1. The lowest BCUT2D eigenvalue weighted by molar-refractivity contribution is -0.117. The number of furan rings is 1. The second-order valence-corrected chi connectivity index (χ2v) is 9.61. The number of rotatable bonds is 12. The molecule has 0 fully saturated rings. The summed E-state index contributed by atoms with van der Waals surface area (Å²) in [5.74, 6) is 2.26. The van der Waals surface area contributed by atoms with Crippen molar-refractivity contribution in [3.8, 4) is 39.9 Å². The Morgan fingerprint density at radius 3 is 2.30 bits per heavy atom. The van der Waals surface area contributed by atoms with Crippen molar-refractivity contribution in [3.05, 3.63) is 103 Å². The molecular formula is C33H32N4O7. The largest absolute Gasteiger partial charge is 0.497 e. The number of benzene rings is 3. The molecule has 0 aliphatic carbocycles. The van der Waals surface area contributed by atoms with Crippen molar-refractivity contribution in [3.63, 3.8) is 0 Å². The van der Waals surface area contributed by atoms with Crippen LogP contribution < -0.4 is 24.3 Å². The van der Waals surface area contributed by atoms with Crippen LogP contribution in [0.1, 0.15) is 16.1 Å². The van der Waals surface area contributed by atoms with Gasteiger partial charge in [0.15, 0.2) is 11.5 Å². The van der Waals surface area contributed by atoms with Gasteiger partial charge in [0.25, 0.3) is 5.91 Å². The minimum Gasteiger partial charge on any atom is -0.497 e. The van der Waals surface area contributed by atoms with Gasteiger partial charge >= 0.3 is 0 Å². The van der Waals surface area contributed by atoms with Crippen molar-refractivity contribution in [1.82, 2.24) is 14.5 Å². The number of methoxy groups -OCH3 is 4. The smallest absolute Gasteiger partial charge is 0.254 e. The molecule has 44 heavy (non-hydrogen) atoms. The number of nitrogens with one attached hydrogen (secondary N) is 1. The van der Waals surface area contributed by atoms with Gasteiger partial charge in [-0.2, -0.15) is 0 Å². The van der Waals surface area contributed by atoms with Gasteiger partial charge in [-0.05, 0) is 66.7 Å². The third-order valence-electron chi connectivity index (χ3n) is 6.85. The summed E-state index contributed by atoms with van der Waals surface area (Å²) in [5.41, 5.74) is 2.47. The number of carbonyl (C=O) groups excluding carboxylic acids is 2.